The van der Waals surface area contributed by atoms with Crippen LogP contribution in [0.2, 0.25) is 0 Å². The molecule has 2 aromatic rings. The summed E-state index contributed by atoms with van der Waals surface area (Å²) in [4.78, 5) is 33.8. The van der Waals surface area contributed by atoms with Crippen LogP contribution in [0.3, 0.4) is 0 Å². The van der Waals surface area contributed by atoms with E-state index in [1.165, 1.54) is 31.2 Å². The highest BCUT2D eigenvalue weighted by atomic mass is 32.1. The fraction of sp³-hybridized carbons (Fsp3) is 0.250. The maximum absolute atomic E-state index is 12.8. The molecule has 1 atom stereocenters. The molecule has 1 aromatic carbocycles. The van der Waals surface area contributed by atoms with Gasteiger partial charge in [0.1, 0.15) is 10.7 Å². The lowest BCUT2D eigenvalue weighted by atomic mass is 10.1. The molecule has 1 aromatic heterocycles. The van der Waals surface area contributed by atoms with E-state index in [2.05, 4.69) is 5.32 Å². The number of nitro groups is 1. The van der Waals surface area contributed by atoms with E-state index in [4.69, 9.17) is 4.74 Å². The van der Waals surface area contributed by atoms with Crippen LogP contribution in [-0.2, 0) is 16.0 Å². The molecule has 0 fully saturated rings. The topological polar surface area (TPSA) is 98.5 Å². The SMILES string of the molecule is C[C@H](OC(=O)c1ccc([N+](=O)[O-])s1)C(=O)NCCc1ccc(F)cc1. The number of carbonyl (C=O) groups excluding carboxylic acids is 2. The second kappa shape index (κ2) is 8.34. The summed E-state index contributed by atoms with van der Waals surface area (Å²) in [6.07, 6.45) is -0.536. The van der Waals surface area contributed by atoms with Crippen LogP contribution >= 0.6 is 11.3 Å². The summed E-state index contributed by atoms with van der Waals surface area (Å²) in [5, 5.41) is 13.0. The van der Waals surface area contributed by atoms with Crippen molar-refractivity contribution in [3.63, 3.8) is 0 Å². The van der Waals surface area contributed by atoms with Crippen LogP contribution in [0.4, 0.5) is 9.39 Å². The largest absolute Gasteiger partial charge is 0.448 e. The van der Waals surface area contributed by atoms with Crippen LogP contribution in [0.15, 0.2) is 36.4 Å². The van der Waals surface area contributed by atoms with Crippen LogP contribution < -0.4 is 5.32 Å². The molecule has 1 heterocycles. The molecule has 7 nitrogen and oxygen atoms in total. The van der Waals surface area contributed by atoms with Crippen molar-refractivity contribution in [3.8, 4) is 0 Å². The van der Waals surface area contributed by atoms with Crippen LogP contribution in [0, 0.1) is 15.9 Å². The Hall–Kier alpha value is -2.81. The van der Waals surface area contributed by atoms with Gasteiger partial charge < -0.3 is 10.1 Å². The normalized spacial score (nSPS) is 11.6. The molecule has 1 amide bonds. The molecule has 0 bridgehead atoms. The van der Waals surface area contributed by atoms with Crippen LogP contribution in [0.5, 0.6) is 0 Å². The fourth-order valence-electron chi connectivity index (χ4n) is 1.93. The Balaban J connectivity index is 1.79. The van der Waals surface area contributed by atoms with Gasteiger partial charge in [-0.2, -0.15) is 0 Å². The third-order valence-electron chi connectivity index (χ3n) is 3.25. The van der Waals surface area contributed by atoms with Gasteiger partial charge in [-0.1, -0.05) is 23.5 Å². The van der Waals surface area contributed by atoms with E-state index in [1.54, 1.807) is 12.1 Å². The summed E-state index contributed by atoms with van der Waals surface area (Å²) in [7, 11) is 0. The molecule has 0 saturated heterocycles. The number of carbonyl (C=O) groups is 2. The number of thiophene rings is 1. The Kier molecular flexibility index (Phi) is 6.18. The highest BCUT2D eigenvalue weighted by molar-refractivity contribution is 7.17. The number of hydrogen-bond acceptors (Lipinski definition) is 6. The average Bonchev–Trinajstić information content (AvgIpc) is 3.07. The van der Waals surface area contributed by atoms with Crippen molar-refractivity contribution in [2.24, 2.45) is 0 Å². The predicted octanol–water partition coefficient (Wildman–Crippen LogP) is 2.70. The van der Waals surface area contributed by atoms with Gasteiger partial charge in [0, 0.05) is 12.6 Å². The van der Waals surface area contributed by atoms with Crippen molar-refractivity contribution in [1.82, 2.24) is 5.32 Å². The van der Waals surface area contributed by atoms with Crippen molar-refractivity contribution >= 4 is 28.2 Å². The Morgan fingerprint density at radius 3 is 2.56 bits per heavy atom. The van der Waals surface area contributed by atoms with Crippen LogP contribution in [0.1, 0.15) is 22.2 Å². The molecular formula is C16H15FN2O5S. The second-order valence-corrected chi connectivity index (χ2v) is 6.17. The van der Waals surface area contributed by atoms with Gasteiger partial charge in [-0.15, -0.1) is 0 Å². The minimum atomic E-state index is -1.04. The number of ether oxygens (including phenoxy) is 1. The monoisotopic (exact) mass is 366 g/mol. The molecule has 0 spiro atoms. The van der Waals surface area contributed by atoms with Crippen molar-refractivity contribution < 1.29 is 23.6 Å². The van der Waals surface area contributed by atoms with E-state index in [1.807, 2.05) is 0 Å². The highest BCUT2D eigenvalue weighted by Gasteiger charge is 2.21. The van der Waals surface area contributed by atoms with Gasteiger partial charge in [0.15, 0.2) is 6.10 Å². The maximum atomic E-state index is 12.8. The summed E-state index contributed by atoms with van der Waals surface area (Å²) < 4.78 is 17.8. The Morgan fingerprint density at radius 2 is 1.96 bits per heavy atom. The van der Waals surface area contributed by atoms with Gasteiger partial charge in [-0.25, -0.2) is 9.18 Å². The van der Waals surface area contributed by atoms with Crippen molar-refractivity contribution in [2.75, 3.05) is 6.54 Å². The summed E-state index contributed by atoms with van der Waals surface area (Å²) in [5.74, 6) is -1.61. The number of esters is 1. The Bertz CT molecular complexity index is 775. The van der Waals surface area contributed by atoms with Gasteiger partial charge in [-0.05, 0) is 37.1 Å². The van der Waals surface area contributed by atoms with Crippen molar-refractivity contribution in [1.29, 1.82) is 0 Å². The number of amides is 1. The number of nitrogens with one attached hydrogen (secondary N) is 1. The summed E-state index contributed by atoms with van der Waals surface area (Å²) in [5.41, 5.74) is 0.859. The lowest BCUT2D eigenvalue weighted by Crippen LogP contribution is -2.36. The van der Waals surface area contributed by atoms with Crippen LogP contribution in [0.25, 0.3) is 0 Å². The molecule has 0 aliphatic rings. The first kappa shape index (κ1) is 18.5. The number of hydrogen-bond donors (Lipinski definition) is 1. The number of nitrogens with zero attached hydrogens (tertiary/aromatic N) is 1. The summed E-state index contributed by atoms with van der Waals surface area (Å²) >= 11 is 0.683. The Labute approximate surface area is 146 Å². The molecule has 132 valence electrons. The molecule has 0 radical (unpaired) electrons. The summed E-state index contributed by atoms with van der Waals surface area (Å²) in [6, 6.07) is 8.39. The Morgan fingerprint density at radius 1 is 1.28 bits per heavy atom. The lowest BCUT2D eigenvalue weighted by Gasteiger charge is -2.12. The quantitative estimate of drug-likeness (QED) is 0.461. The van der Waals surface area contributed by atoms with Gasteiger partial charge in [0.2, 0.25) is 0 Å². The first-order valence-corrected chi connectivity index (χ1v) is 8.16. The van der Waals surface area contributed by atoms with E-state index in [0.717, 1.165) is 5.56 Å². The average molecular weight is 366 g/mol. The first-order valence-electron chi connectivity index (χ1n) is 7.34. The lowest BCUT2D eigenvalue weighted by molar-refractivity contribution is -0.380. The van der Waals surface area contributed by atoms with E-state index in [0.29, 0.717) is 24.3 Å². The molecule has 0 unspecified atom stereocenters. The maximum Gasteiger partial charge on any atom is 0.349 e. The molecular weight excluding hydrogens is 351 g/mol. The fourth-order valence-corrected chi connectivity index (χ4v) is 2.64. The zero-order valence-electron chi connectivity index (χ0n) is 13.2. The van der Waals surface area contributed by atoms with Crippen LogP contribution in [-0.4, -0.2) is 29.4 Å². The van der Waals surface area contributed by atoms with Gasteiger partial charge in [0.05, 0.1) is 4.92 Å². The molecule has 1 N–H and O–H groups in total. The molecule has 2 rings (SSSR count). The minimum absolute atomic E-state index is 0.0534. The van der Waals surface area contributed by atoms with E-state index < -0.39 is 22.9 Å². The first-order chi connectivity index (χ1) is 11.9. The van der Waals surface area contributed by atoms with E-state index >= 15 is 0 Å². The van der Waals surface area contributed by atoms with Crippen molar-refractivity contribution in [3.05, 3.63) is 62.8 Å². The van der Waals surface area contributed by atoms with Gasteiger partial charge in [0.25, 0.3) is 5.91 Å². The highest BCUT2D eigenvalue weighted by Crippen LogP contribution is 2.24. The van der Waals surface area contributed by atoms with E-state index in [9.17, 15) is 24.1 Å². The zero-order valence-corrected chi connectivity index (χ0v) is 14.0. The van der Waals surface area contributed by atoms with Gasteiger partial charge in [-0.3, -0.25) is 14.9 Å². The molecule has 0 aliphatic carbocycles. The molecule has 9 heteroatoms. The number of halogens is 1. The van der Waals surface area contributed by atoms with Crippen molar-refractivity contribution in [2.45, 2.75) is 19.4 Å². The predicted molar refractivity (Wildman–Crippen MR) is 89.0 cm³/mol. The zero-order chi connectivity index (χ0) is 18.4. The second-order valence-electron chi connectivity index (χ2n) is 5.11. The molecule has 0 aliphatic heterocycles. The third kappa shape index (κ3) is 5.35. The minimum Gasteiger partial charge on any atom is -0.448 e. The molecule has 25 heavy (non-hydrogen) atoms. The number of rotatable bonds is 7. The van der Waals surface area contributed by atoms with E-state index in [-0.39, 0.29) is 15.7 Å². The van der Waals surface area contributed by atoms with Gasteiger partial charge >= 0.3 is 11.0 Å². The smallest absolute Gasteiger partial charge is 0.349 e. The standard InChI is InChI=1S/C16H15FN2O5S/c1-10(24-16(21)13-6-7-14(25-13)19(22)23)15(20)18-9-8-11-2-4-12(17)5-3-11/h2-7,10H,8-9H2,1H3,(H,18,20)/t10-/m0/s1. The number of benzene rings is 1. The molecule has 0 saturated carbocycles. The third-order valence-corrected chi connectivity index (χ3v) is 4.27. The summed E-state index contributed by atoms with van der Waals surface area (Å²) in [6.45, 7) is 1.71.